The molecule has 0 unspecified atom stereocenters. The zero-order valence-electron chi connectivity index (χ0n) is 8.16. The van der Waals surface area contributed by atoms with Crippen LogP contribution < -0.4 is 0 Å². The second-order valence-electron chi connectivity index (χ2n) is 3.60. The van der Waals surface area contributed by atoms with E-state index in [1.54, 1.807) is 0 Å². The molecule has 3 heteroatoms. The Labute approximate surface area is 96.9 Å². The Bertz CT molecular complexity index is 466. The molecule has 0 amide bonds. The number of halogens is 1. The molecule has 0 atom stereocenters. The fourth-order valence-electron chi connectivity index (χ4n) is 1.57. The van der Waals surface area contributed by atoms with Crippen LogP contribution in [0.5, 0.6) is 0 Å². The zero-order valence-corrected chi connectivity index (χ0v) is 10.3. The van der Waals surface area contributed by atoms with E-state index in [0.717, 1.165) is 9.22 Å². The lowest BCUT2D eigenvalue weighted by Crippen LogP contribution is -1.93. The van der Waals surface area contributed by atoms with Gasteiger partial charge in [-0.05, 0) is 46.2 Å². The summed E-state index contributed by atoms with van der Waals surface area (Å²) in [5.41, 5.74) is 2.33. The van der Waals surface area contributed by atoms with Crippen molar-refractivity contribution in [1.82, 2.24) is 10.2 Å². The van der Waals surface area contributed by atoms with Gasteiger partial charge in [0.15, 0.2) is 0 Å². The van der Waals surface area contributed by atoms with Gasteiger partial charge in [0.05, 0.1) is 5.52 Å². The van der Waals surface area contributed by atoms with Crippen LogP contribution >= 0.6 is 22.6 Å². The van der Waals surface area contributed by atoms with Crippen molar-refractivity contribution in [3.63, 3.8) is 0 Å². The Kier molecular flexibility index (Phi) is 2.67. The highest BCUT2D eigenvalue weighted by molar-refractivity contribution is 14.1. The Balaban J connectivity index is 2.77. The van der Waals surface area contributed by atoms with E-state index in [2.05, 4.69) is 58.8 Å². The van der Waals surface area contributed by atoms with Crippen LogP contribution in [0.4, 0.5) is 0 Å². The van der Waals surface area contributed by atoms with Crippen molar-refractivity contribution < 1.29 is 0 Å². The van der Waals surface area contributed by atoms with Crippen LogP contribution in [0.3, 0.4) is 0 Å². The summed E-state index contributed by atoms with van der Waals surface area (Å²) in [6, 6.07) is 8.30. The van der Waals surface area contributed by atoms with Crippen LogP contribution in [0.15, 0.2) is 24.3 Å². The molecule has 0 aliphatic rings. The van der Waals surface area contributed by atoms with Crippen LogP contribution in [0.2, 0.25) is 0 Å². The number of hydrogen-bond donors (Lipinski definition) is 0. The topological polar surface area (TPSA) is 25.8 Å². The first-order valence-corrected chi connectivity index (χ1v) is 5.68. The lowest BCUT2D eigenvalue weighted by atomic mass is 9.99. The Morgan fingerprint density at radius 3 is 2.71 bits per heavy atom. The molecule has 72 valence electrons. The minimum absolute atomic E-state index is 0.527. The highest BCUT2D eigenvalue weighted by atomic mass is 127. The summed E-state index contributed by atoms with van der Waals surface area (Å²) in [6.07, 6.45) is 0. The lowest BCUT2D eigenvalue weighted by molar-refractivity contribution is 0.874. The number of aromatic nitrogens is 2. The van der Waals surface area contributed by atoms with Crippen molar-refractivity contribution in [3.05, 3.63) is 33.5 Å². The van der Waals surface area contributed by atoms with Gasteiger partial charge in [-0.1, -0.05) is 26.0 Å². The molecule has 1 aromatic heterocycles. The van der Waals surface area contributed by atoms with Gasteiger partial charge in [0.1, 0.15) is 3.70 Å². The highest BCUT2D eigenvalue weighted by Gasteiger charge is 2.06. The molecule has 0 aliphatic carbocycles. The normalized spacial score (nSPS) is 11.1. The van der Waals surface area contributed by atoms with Gasteiger partial charge in [0.25, 0.3) is 0 Å². The van der Waals surface area contributed by atoms with Crippen molar-refractivity contribution in [2.75, 3.05) is 0 Å². The van der Waals surface area contributed by atoms with Crippen molar-refractivity contribution in [3.8, 4) is 0 Å². The van der Waals surface area contributed by atoms with E-state index in [0.29, 0.717) is 5.92 Å². The molecule has 0 radical (unpaired) electrons. The quantitative estimate of drug-likeness (QED) is 0.754. The van der Waals surface area contributed by atoms with Crippen LogP contribution in [0, 0.1) is 3.70 Å². The van der Waals surface area contributed by atoms with Crippen LogP contribution in [0.1, 0.15) is 25.3 Å². The maximum atomic E-state index is 4.17. The predicted molar refractivity (Wildman–Crippen MR) is 66.3 cm³/mol. The molecule has 2 nitrogen and oxygen atoms in total. The number of nitrogens with zero attached hydrogens (tertiary/aromatic N) is 2. The minimum Gasteiger partial charge on any atom is -0.149 e. The highest BCUT2D eigenvalue weighted by Crippen LogP contribution is 2.24. The molecule has 0 N–H and O–H groups in total. The summed E-state index contributed by atoms with van der Waals surface area (Å²) < 4.78 is 0.947. The molecular weight excluding hydrogens is 287 g/mol. The van der Waals surface area contributed by atoms with Crippen molar-refractivity contribution >= 4 is 33.5 Å². The monoisotopic (exact) mass is 298 g/mol. The molecule has 0 saturated heterocycles. The third-order valence-corrected chi connectivity index (χ3v) is 2.78. The third-order valence-electron chi connectivity index (χ3n) is 2.26. The van der Waals surface area contributed by atoms with E-state index in [-0.39, 0.29) is 0 Å². The van der Waals surface area contributed by atoms with Crippen molar-refractivity contribution in [2.24, 2.45) is 0 Å². The van der Waals surface area contributed by atoms with Gasteiger partial charge in [-0.25, -0.2) is 0 Å². The summed E-state index contributed by atoms with van der Waals surface area (Å²) in [5.74, 6) is 0.527. The number of benzene rings is 1. The van der Waals surface area contributed by atoms with E-state index < -0.39 is 0 Å². The number of rotatable bonds is 1. The first-order chi connectivity index (χ1) is 6.68. The maximum Gasteiger partial charge on any atom is 0.124 e. The molecular formula is C11H11IN2. The fourth-order valence-corrected chi connectivity index (χ4v) is 1.99. The Morgan fingerprint density at radius 1 is 1.21 bits per heavy atom. The molecule has 0 bridgehead atoms. The van der Waals surface area contributed by atoms with Gasteiger partial charge in [0, 0.05) is 5.39 Å². The average molecular weight is 298 g/mol. The van der Waals surface area contributed by atoms with Gasteiger partial charge >= 0.3 is 0 Å². The van der Waals surface area contributed by atoms with E-state index in [9.17, 15) is 0 Å². The summed E-state index contributed by atoms with van der Waals surface area (Å²) in [5, 5.41) is 9.43. The first kappa shape index (κ1) is 9.83. The third kappa shape index (κ3) is 1.73. The molecule has 0 saturated carbocycles. The molecule has 0 fully saturated rings. The molecule has 1 heterocycles. The first-order valence-electron chi connectivity index (χ1n) is 4.60. The summed E-state index contributed by atoms with van der Waals surface area (Å²) >= 11 is 2.19. The molecule has 2 rings (SSSR count). The fraction of sp³-hybridized carbons (Fsp3) is 0.273. The predicted octanol–water partition coefficient (Wildman–Crippen LogP) is 3.36. The van der Waals surface area contributed by atoms with Gasteiger partial charge in [-0.2, -0.15) is 0 Å². The van der Waals surface area contributed by atoms with Crippen LogP contribution in [-0.2, 0) is 0 Å². The van der Waals surface area contributed by atoms with Crippen molar-refractivity contribution in [2.45, 2.75) is 19.8 Å². The van der Waals surface area contributed by atoms with E-state index in [4.69, 9.17) is 0 Å². The minimum atomic E-state index is 0.527. The van der Waals surface area contributed by atoms with Gasteiger partial charge < -0.3 is 0 Å². The smallest absolute Gasteiger partial charge is 0.124 e. The van der Waals surface area contributed by atoms with Gasteiger partial charge in [-0.3, -0.25) is 0 Å². The van der Waals surface area contributed by atoms with Crippen molar-refractivity contribution in [1.29, 1.82) is 0 Å². The van der Waals surface area contributed by atoms with Crippen LogP contribution in [0.25, 0.3) is 10.9 Å². The zero-order chi connectivity index (χ0) is 10.1. The maximum absolute atomic E-state index is 4.17. The number of fused-ring (bicyclic) bond motifs is 1. The Hall–Kier alpha value is -0.710. The standard InChI is InChI=1S/C11H11IN2/c1-7(2)8-4-3-5-10-9(8)6-11(12)14-13-10/h3-7H,1-2H3. The van der Waals surface area contributed by atoms with Crippen LogP contribution in [-0.4, -0.2) is 10.2 Å². The molecule has 2 aromatic rings. The second kappa shape index (κ2) is 3.81. The van der Waals surface area contributed by atoms with E-state index in [1.165, 1.54) is 10.9 Å². The molecule has 14 heavy (non-hydrogen) atoms. The van der Waals surface area contributed by atoms with E-state index in [1.807, 2.05) is 12.1 Å². The largest absolute Gasteiger partial charge is 0.149 e. The molecule has 0 spiro atoms. The molecule has 0 aliphatic heterocycles. The molecule has 1 aromatic carbocycles. The van der Waals surface area contributed by atoms with E-state index >= 15 is 0 Å². The number of hydrogen-bond acceptors (Lipinski definition) is 2. The summed E-state index contributed by atoms with van der Waals surface area (Å²) in [6.45, 7) is 4.39. The lowest BCUT2D eigenvalue weighted by Gasteiger charge is -2.08. The Morgan fingerprint density at radius 2 is 2.00 bits per heavy atom. The summed E-state index contributed by atoms with van der Waals surface area (Å²) in [4.78, 5) is 0. The average Bonchev–Trinajstić information content (AvgIpc) is 2.16. The summed E-state index contributed by atoms with van der Waals surface area (Å²) in [7, 11) is 0. The van der Waals surface area contributed by atoms with Gasteiger partial charge in [-0.15, -0.1) is 10.2 Å². The second-order valence-corrected chi connectivity index (χ2v) is 4.71. The SMILES string of the molecule is CC(C)c1cccc2nnc(I)cc12. The van der Waals surface area contributed by atoms with Gasteiger partial charge in [0.2, 0.25) is 0 Å².